The van der Waals surface area contributed by atoms with E-state index in [2.05, 4.69) is 40.3 Å². The molecule has 0 aromatic heterocycles. The number of nitrogens with one attached hydrogen (secondary N) is 1. The van der Waals surface area contributed by atoms with Crippen LogP contribution in [0.1, 0.15) is 30.9 Å². The van der Waals surface area contributed by atoms with Crippen molar-refractivity contribution in [3.63, 3.8) is 0 Å². The average Bonchev–Trinajstić information content (AvgIpc) is 2.82. The van der Waals surface area contributed by atoms with E-state index in [1.54, 1.807) is 0 Å². The maximum atomic E-state index is 5.83. The van der Waals surface area contributed by atoms with E-state index in [4.69, 9.17) is 4.74 Å². The third kappa shape index (κ3) is 2.82. The van der Waals surface area contributed by atoms with Crippen molar-refractivity contribution in [2.45, 2.75) is 32.6 Å². The van der Waals surface area contributed by atoms with Gasteiger partial charge in [-0.15, -0.1) is 0 Å². The van der Waals surface area contributed by atoms with Crippen LogP contribution < -0.4 is 10.1 Å². The fourth-order valence-electron chi connectivity index (χ4n) is 3.29. The van der Waals surface area contributed by atoms with Crippen molar-refractivity contribution >= 4 is 15.9 Å². The standard InChI is InChI=1S/C16H22BrNO/c1-2-18-10-13-4-3-11(13)7-14-9-15(17)8-12-5-6-19-16(12)14/h8-9,11,13,18H,2-7,10H2,1H3. The van der Waals surface area contributed by atoms with Crippen LogP contribution in [0.4, 0.5) is 0 Å². The first-order chi connectivity index (χ1) is 9.28. The van der Waals surface area contributed by atoms with Crippen molar-refractivity contribution in [3.05, 3.63) is 27.7 Å². The van der Waals surface area contributed by atoms with Gasteiger partial charge in [-0.1, -0.05) is 22.9 Å². The zero-order valence-corrected chi connectivity index (χ0v) is 13.1. The summed E-state index contributed by atoms with van der Waals surface area (Å²) in [6.45, 7) is 5.30. The highest BCUT2D eigenvalue weighted by atomic mass is 79.9. The summed E-state index contributed by atoms with van der Waals surface area (Å²) in [6, 6.07) is 4.47. The molecular formula is C16H22BrNO. The van der Waals surface area contributed by atoms with Crippen molar-refractivity contribution in [3.8, 4) is 5.75 Å². The van der Waals surface area contributed by atoms with Crippen molar-refractivity contribution in [1.29, 1.82) is 0 Å². The summed E-state index contributed by atoms with van der Waals surface area (Å²) in [5.74, 6) is 2.87. The first-order valence-corrected chi connectivity index (χ1v) is 8.22. The Balaban J connectivity index is 1.70. The van der Waals surface area contributed by atoms with Crippen LogP contribution in [0, 0.1) is 11.8 Å². The number of rotatable bonds is 5. The minimum absolute atomic E-state index is 0.835. The number of fused-ring (bicyclic) bond motifs is 1. The summed E-state index contributed by atoms with van der Waals surface area (Å²) < 4.78 is 7.04. The molecule has 0 bridgehead atoms. The van der Waals surface area contributed by atoms with Gasteiger partial charge in [0.25, 0.3) is 0 Å². The van der Waals surface area contributed by atoms with E-state index < -0.39 is 0 Å². The van der Waals surface area contributed by atoms with Gasteiger partial charge in [0, 0.05) is 10.9 Å². The second-order valence-corrected chi connectivity index (χ2v) is 6.68. The summed E-state index contributed by atoms with van der Waals surface area (Å²) in [5.41, 5.74) is 2.79. The molecular weight excluding hydrogens is 302 g/mol. The number of benzene rings is 1. The molecule has 3 heteroatoms. The molecule has 2 unspecified atom stereocenters. The Morgan fingerprint density at radius 1 is 1.32 bits per heavy atom. The Morgan fingerprint density at radius 3 is 2.89 bits per heavy atom. The average molecular weight is 324 g/mol. The molecule has 0 spiro atoms. The van der Waals surface area contributed by atoms with Gasteiger partial charge in [0.05, 0.1) is 6.61 Å². The van der Waals surface area contributed by atoms with Crippen LogP contribution in [-0.2, 0) is 12.8 Å². The quantitative estimate of drug-likeness (QED) is 0.894. The lowest BCUT2D eigenvalue weighted by Crippen LogP contribution is -2.36. The Kier molecular flexibility index (Phi) is 4.13. The van der Waals surface area contributed by atoms with E-state index in [-0.39, 0.29) is 0 Å². The summed E-state index contributed by atoms with van der Waals surface area (Å²) in [7, 11) is 0. The van der Waals surface area contributed by atoms with Gasteiger partial charge in [0.2, 0.25) is 0 Å². The van der Waals surface area contributed by atoms with E-state index in [0.29, 0.717) is 0 Å². The molecule has 19 heavy (non-hydrogen) atoms. The van der Waals surface area contributed by atoms with Gasteiger partial charge in [-0.2, -0.15) is 0 Å². The predicted molar refractivity (Wildman–Crippen MR) is 81.8 cm³/mol. The minimum atomic E-state index is 0.835. The highest BCUT2D eigenvalue weighted by Gasteiger charge is 2.31. The Hall–Kier alpha value is -0.540. The van der Waals surface area contributed by atoms with Gasteiger partial charge in [0.1, 0.15) is 5.75 Å². The minimum Gasteiger partial charge on any atom is -0.493 e. The molecule has 0 amide bonds. The van der Waals surface area contributed by atoms with E-state index in [9.17, 15) is 0 Å². The van der Waals surface area contributed by atoms with Crippen LogP contribution in [0.5, 0.6) is 5.75 Å². The largest absolute Gasteiger partial charge is 0.493 e. The molecule has 1 N–H and O–H groups in total. The zero-order valence-electron chi connectivity index (χ0n) is 11.5. The molecule has 0 radical (unpaired) electrons. The normalized spacial score (nSPS) is 24.7. The number of ether oxygens (including phenoxy) is 1. The number of hydrogen-bond acceptors (Lipinski definition) is 2. The molecule has 1 heterocycles. The van der Waals surface area contributed by atoms with Crippen LogP contribution in [0.15, 0.2) is 16.6 Å². The SMILES string of the molecule is CCNCC1CCC1Cc1cc(Br)cc2c1OCC2. The van der Waals surface area contributed by atoms with Crippen LogP contribution in [0.3, 0.4) is 0 Å². The van der Waals surface area contributed by atoms with Crippen LogP contribution >= 0.6 is 15.9 Å². The molecule has 0 saturated heterocycles. The molecule has 3 rings (SSSR count). The first-order valence-electron chi connectivity index (χ1n) is 7.42. The van der Waals surface area contributed by atoms with Gasteiger partial charge >= 0.3 is 0 Å². The topological polar surface area (TPSA) is 21.3 Å². The maximum absolute atomic E-state index is 5.83. The number of hydrogen-bond donors (Lipinski definition) is 1. The third-order valence-corrected chi connectivity index (χ3v) is 5.00. The zero-order chi connectivity index (χ0) is 13.2. The van der Waals surface area contributed by atoms with Crippen molar-refractivity contribution < 1.29 is 4.74 Å². The molecule has 1 fully saturated rings. The highest BCUT2D eigenvalue weighted by molar-refractivity contribution is 9.10. The fourth-order valence-corrected chi connectivity index (χ4v) is 3.84. The lowest BCUT2D eigenvalue weighted by Gasteiger charge is -2.37. The first kappa shape index (κ1) is 13.4. The van der Waals surface area contributed by atoms with Gasteiger partial charge in [0.15, 0.2) is 0 Å². The molecule has 1 aliphatic carbocycles. The molecule has 2 aliphatic rings. The molecule has 1 aliphatic heterocycles. The number of halogens is 1. The van der Waals surface area contributed by atoms with Crippen molar-refractivity contribution in [1.82, 2.24) is 5.32 Å². The van der Waals surface area contributed by atoms with E-state index in [1.165, 1.54) is 47.2 Å². The molecule has 2 nitrogen and oxygen atoms in total. The van der Waals surface area contributed by atoms with Crippen LogP contribution in [0.2, 0.25) is 0 Å². The van der Waals surface area contributed by atoms with E-state index in [1.807, 2.05) is 0 Å². The summed E-state index contributed by atoms with van der Waals surface area (Å²) in [6.07, 6.45) is 5.00. The van der Waals surface area contributed by atoms with Crippen LogP contribution in [0.25, 0.3) is 0 Å². The smallest absolute Gasteiger partial charge is 0.125 e. The van der Waals surface area contributed by atoms with Gasteiger partial charge in [-0.25, -0.2) is 0 Å². The molecule has 2 atom stereocenters. The van der Waals surface area contributed by atoms with Gasteiger partial charge in [-0.05, 0) is 67.4 Å². The Morgan fingerprint density at radius 2 is 2.16 bits per heavy atom. The molecule has 104 valence electrons. The van der Waals surface area contributed by atoms with Crippen LogP contribution in [-0.4, -0.2) is 19.7 Å². The predicted octanol–water partition coefficient (Wildman–Crippen LogP) is 3.56. The molecule has 1 aromatic carbocycles. The van der Waals surface area contributed by atoms with E-state index in [0.717, 1.165) is 31.4 Å². The van der Waals surface area contributed by atoms with Crippen molar-refractivity contribution in [2.75, 3.05) is 19.7 Å². The Bertz CT molecular complexity index is 460. The second kappa shape index (κ2) is 5.84. The lowest BCUT2D eigenvalue weighted by atomic mass is 9.70. The highest BCUT2D eigenvalue weighted by Crippen LogP contribution is 2.41. The fraction of sp³-hybridized carbons (Fsp3) is 0.625. The van der Waals surface area contributed by atoms with Gasteiger partial charge < -0.3 is 10.1 Å². The molecule has 1 saturated carbocycles. The Labute approximate surface area is 124 Å². The maximum Gasteiger partial charge on any atom is 0.125 e. The molecule has 1 aromatic rings. The summed E-state index contributed by atoms with van der Waals surface area (Å²) in [4.78, 5) is 0. The second-order valence-electron chi connectivity index (χ2n) is 5.76. The van der Waals surface area contributed by atoms with E-state index >= 15 is 0 Å². The lowest BCUT2D eigenvalue weighted by molar-refractivity contribution is 0.170. The van der Waals surface area contributed by atoms with Gasteiger partial charge in [-0.3, -0.25) is 0 Å². The third-order valence-electron chi connectivity index (χ3n) is 4.54. The summed E-state index contributed by atoms with van der Waals surface area (Å²) in [5, 5.41) is 3.49. The van der Waals surface area contributed by atoms with Crippen molar-refractivity contribution in [2.24, 2.45) is 11.8 Å². The monoisotopic (exact) mass is 323 g/mol. The summed E-state index contributed by atoms with van der Waals surface area (Å²) >= 11 is 3.63.